The first-order chi connectivity index (χ1) is 9.16. The van der Waals surface area contributed by atoms with Gasteiger partial charge in [-0.3, -0.25) is 4.68 Å². The third kappa shape index (κ3) is 3.58. The standard InChI is InChI=1S/C14H18N4O/c1-11(12-6-4-3-5-7-12)17-14(19)15-10-13-8-9-16-18(13)2/h3-9,11H,10H2,1-2H3,(H2,15,17,19)/t11-/m1/s1. The number of hydrogen-bond acceptors (Lipinski definition) is 2. The van der Waals surface area contributed by atoms with Gasteiger partial charge in [0.05, 0.1) is 18.3 Å². The molecule has 5 nitrogen and oxygen atoms in total. The van der Waals surface area contributed by atoms with E-state index in [2.05, 4.69) is 15.7 Å². The van der Waals surface area contributed by atoms with Crippen molar-refractivity contribution in [3.05, 3.63) is 53.9 Å². The minimum atomic E-state index is -0.183. The molecule has 0 spiro atoms. The monoisotopic (exact) mass is 258 g/mol. The summed E-state index contributed by atoms with van der Waals surface area (Å²) in [6.45, 7) is 2.42. The van der Waals surface area contributed by atoms with Crippen LogP contribution in [0.4, 0.5) is 4.79 Å². The third-order valence-corrected chi connectivity index (χ3v) is 3.00. The van der Waals surface area contributed by atoms with Crippen LogP contribution >= 0.6 is 0 Å². The highest BCUT2D eigenvalue weighted by atomic mass is 16.2. The molecule has 0 bridgehead atoms. The van der Waals surface area contributed by atoms with Crippen LogP contribution in [0.2, 0.25) is 0 Å². The number of benzene rings is 1. The van der Waals surface area contributed by atoms with E-state index in [0.717, 1.165) is 11.3 Å². The minimum absolute atomic E-state index is 0.0206. The van der Waals surface area contributed by atoms with Crippen LogP contribution in [-0.2, 0) is 13.6 Å². The molecule has 1 atom stereocenters. The van der Waals surface area contributed by atoms with Gasteiger partial charge in [0.25, 0.3) is 0 Å². The van der Waals surface area contributed by atoms with E-state index in [1.807, 2.05) is 50.4 Å². The lowest BCUT2D eigenvalue weighted by Gasteiger charge is -2.15. The van der Waals surface area contributed by atoms with Gasteiger partial charge in [-0.25, -0.2) is 4.79 Å². The molecule has 0 saturated heterocycles. The number of nitrogens with one attached hydrogen (secondary N) is 2. The summed E-state index contributed by atoms with van der Waals surface area (Å²) in [5, 5.41) is 9.76. The third-order valence-electron chi connectivity index (χ3n) is 3.00. The number of hydrogen-bond donors (Lipinski definition) is 2. The average molecular weight is 258 g/mol. The second-order valence-electron chi connectivity index (χ2n) is 4.41. The maximum atomic E-state index is 11.8. The molecule has 2 rings (SSSR count). The highest BCUT2D eigenvalue weighted by Crippen LogP contribution is 2.10. The van der Waals surface area contributed by atoms with Crippen LogP contribution in [0.3, 0.4) is 0 Å². The minimum Gasteiger partial charge on any atom is -0.333 e. The molecule has 0 unspecified atom stereocenters. The predicted molar refractivity (Wildman–Crippen MR) is 73.4 cm³/mol. The second kappa shape index (κ2) is 6.04. The van der Waals surface area contributed by atoms with Crippen molar-refractivity contribution in [3.63, 3.8) is 0 Å². The van der Waals surface area contributed by atoms with Crippen molar-refractivity contribution in [2.75, 3.05) is 0 Å². The molecule has 0 aliphatic heterocycles. The maximum absolute atomic E-state index is 11.8. The molecular formula is C14H18N4O. The van der Waals surface area contributed by atoms with E-state index < -0.39 is 0 Å². The first-order valence-electron chi connectivity index (χ1n) is 6.23. The van der Waals surface area contributed by atoms with E-state index in [1.54, 1.807) is 10.9 Å². The summed E-state index contributed by atoms with van der Waals surface area (Å²) in [6, 6.07) is 11.5. The van der Waals surface area contributed by atoms with E-state index >= 15 is 0 Å². The van der Waals surface area contributed by atoms with Gasteiger partial charge in [0, 0.05) is 13.2 Å². The lowest BCUT2D eigenvalue weighted by Crippen LogP contribution is -2.37. The van der Waals surface area contributed by atoms with Gasteiger partial charge >= 0.3 is 6.03 Å². The van der Waals surface area contributed by atoms with Crippen molar-refractivity contribution in [2.45, 2.75) is 19.5 Å². The Morgan fingerprint density at radius 2 is 2.05 bits per heavy atom. The zero-order chi connectivity index (χ0) is 13.7. The Balaban J connectivity index is 1.83. The van der Waals surface area contributed by atoms with Gasteiger partial charge in [-0.1, -0.05) is 30.3 Å². The highest BCUT2D eigenvalue weighted by Gasteiger charge is 2.09. The zero-order valence-corrected chi connectivity index (χ0v) is 11.1. The summed E-state index contributed by atoms with van der Waals surface area (Å²) >= 11 is 0. The van der Waals surface area contributed by atoms with Gasteiger partial charge in [0.1, 0.15) is 0 Å². The van der Waals surface area contributed by atoms with Gasteiger partial charge in [-0.15, -0.1) is 0 Å². The first kappa shape index (κ1) is 13.1. The summed E-state index contributed by atoms with van der Waals surface area (Å²) in [5.41, 5.74) is 2.04. The lowest BCUT2D eigenvalue weighted by atomic mass is 10.1. The quantitative estimate of drug-likeness (QED) is 0.881. The molecule has 19 heavy (non-hydrogen) atoms. The number of aryl methyl sites for hydroxylation is 1. The topological polar surface area (TPSA) is 59.0 Å². The predicted octanol–water partition coefficient (Wildman–Crippen LogP) is 1.98. The van der Waals surface area contributed by atoms with Crippen molar-refractivity contribution >= 4 is 6.03 Å². The van der Waals surface area contributed by atoms with Crippen molar-refractivity contribution in [1.82, 2.24) is 20.4 Å². The van der Waals surface area contributed by atoms with E-state index in [1.165, 1.54) is 0 Å². The molecule has 5 heteroatoms. The van der Waals surface area contributed by atoms with Crippen LogP contribution in [0, 0.1) is 0 Å². The van der Waals surface area contributed by atoms with E-state index in [0.29, 0.717) is 6.54 Å². The SMILES string of the molecule is C[C@@H](NC(=O)NCc1ccnn1C)c1ccccc1. The summed E-state index contributed by atoms with van der Waals surface area (Å²) < 4.78 is 1.74. The number of amides is 2. The molecule has 0 fully saturated rings. The molecule has 2 N–H and O–H groups in total. The summed E-state index contributed by atoms with van der Waals surface area (Å²) in [7, 11) is 1.85. The highest BCUT2D eigenvalue weighted by molar-refractivity contribution is 5.74. The van der Waals surface area contributed by atoms with Gasteiger partial charge < -0.3 is 10.6 Å². The largest absolute Gasteiger partial charge is 0.333 e. The Bertz CT molecular complexity index is 535. The number of carbonyl (C=O) groups is 1. The van der Waals surface area contributed by atoms with E-state index in [4.69, 9.17) is 0 Å². The van der Waals surface area contributed by atoms with Crippen LogP contribution in [0.1, 0.15) is 24.2 Å². The normalized spacial score (nSPS) is 11.9. The van der Waals surface area contributed by atoms with Crippen molar-refractivity contribution in [1.29, 1.82) is 0 Å². The molecule has 0 radical (unpaired) electrons. The van der Waals surface area contributed by atoms with Crippen molar-refractivity contribution in [2.24, 2.45) is 7.05 Å². The van der Waals surface area contributed by atoms with Crippen LogP contribution in [-0.4, -0.2) is 15.8 Å². The van der Waals surface area contributed by atoms with Crippen molar-refractivity contribution in [3.8, 4) is 0 Å². The molecule has 1 aromatic heterocycles. The number of nitrogens with zero attached hydrogens (tertiary/aromatic N) is 2. The first-order valence-corrected chi connectivity index (χ1v) is 6.23. The molecule has 0 aliphatic carbocycles. The van der Waals surface area contributed by atoms with Gasteiger partial charge in [0.2, 0.25) is 0 Å². The maximum Gasteiger partial charge on any atom is 0.315 e. The Labute approximate surface area is 112 Å². The number of aromatic nitrogens is 2. The molecule has 1 aromatic carbocycles. The lowest BCUT2D eigenvalue weighted by molar-refractivity contribution is 0.237. The molecule has 1 heterocycles. The van der Waals surface area contributed by atoms with Crippen LogP contribution in [0.5, 0.6) is 0 Å². The van der Waals surface area contributed by atoms with Gasteiger partial charge in [-0.2, -0.15) is 5.10 Å². The summed E-state index contributed by atoms with van der Waals surface area (Å²) in [6.07, 6.45) is 1.71. The summed E-state index contributed by atoms with van der Waals surface area (Å²) in [5.74, 6) is 0. The molecule has 0 aliphatic rings. The van der Waals surface area contributed by atoms with Crippen molar-refractivity contribution < 1.29 is 4.79 Å². The van der Waals surface area contributed by atoms with E-state index in [9.17, 15) is 4.79 Å². The Hall–Kier alpha value is -2.30. The zero-order valence-electron chi connectivity index (χ0n) is 11.1. The number of rotatable bonds is 4. The fourth-order valence-electron chi connectivity index (χ4n) is 1.82. The molecular weight excluding hydrogens is 240 g/mol. The summed E-state index contributed by atoms with van der Waals surface area (Å²) in [4.78, 5) is 11.8. The van der Waals surface area contributed by atoms with Crippen LogP contribution in [0.15, 0.2) is 42.6 Å². The molecule has 0 saturated carbocycles. The fraction of sp³-hybridized carbons (Fsp3) is 0.286. The number of carbonyl (C=O) groups excluding carboxylic acids is 1. The van der Waals surface area contributed by atoms with Gasteiger partial charge in [0.15, 0.2) is 0 Å². The van der Waals surface area contributed by atoms with Gasteiger partial charge in [-0.05, 0) is 18.6 Å². The Morgan fingerprint density at radius 3 is 2.68 bits per heavy atom. The number of urea groups is 1. The molecule has 2 amide bonds. The Morgan fingerprint density at radius 1 is 1.32 bits per heavy atom. The van der Waals surface area contributed by atoms with E-state index in [-0.39, 0.29) is 12.1 Å². The fourth-order valence-corrected chi connectivity index (χ4v) is 1.82. The van der Waals surface area contributed by atoms with Crippen LogP contribution in [0.25, 0.3) is 0 Å². The Kier molecular flexibility index (Phi) is 4.18. The molecule has 100 valence electrons. The molecule has 2 aromatic rings. The smallest absolute Gasteiger partial charge is 0.315 e. The second-order valence-corrected chi connectivity index (χ2v) is 4.41. The average Bonchev–Trinajstić information content (AvgIpc) is 2.83. The van der Waals surface area contributed by atoms with Crippen LogP contribution < -0.4 is 10.6 Å².